The molecule has 1 aromatic heterocycles. The normalized spacial score (nSPS) is 18.8. The molecule has 7 heteroatoms. The van der Waals surface area contributed by atoms with Crippen LogP contribution in [-0.4, -0.2) is 30.8 Å². The molecule has 1 saturated heterocycles. The second-order valence-corrected chi connectivity index (χ2v) is 6.40. The maximum Gasteiger partial charge on any atom is 0.253 e. The lowest BCUT2D eigenvalue weighted by molar-refractivity contribution is 0.0944. The van der Waals surface area contributed by atoms with Crippen LogP contribution in [0.1, 0.15) is 40.3 Å². The maximum atomic E-state index is 12.2. The molecule has 1 amide bonds. The van der Waals surface area contributed by atoms with E-state index in [1.165, 1.54) is 11.3 Å². The molecule has 110 valence electrons. The van der Waals surface area contributed by atoms with Crippen LogP contribution in [0.15, 0.2) is 0 Å². The highest BCUT2D eigenvalue weighted by Gasteiger charge is 2.30. The van der Waals surface area contributed by atoms with Crippen LogP contribution in [0.3, 0.4) is 0 Å². The Balaban J connectivity index is 2.48. The molecule has 0 spiro atoms. The van der Waals surface area contributed by atoms with Gasteiger partial charge in [-0.1, -0.05) is 13.8 Å². The number of carbonyl (C=O) groups is 2. The summed E-state index contributed by atoms with van der Waals surface area (Å²) in [5, 5.41) is 0.673. The van der Waals surface area contributed by atoms with E-state index in [4.69, 9.17) is 17.2 Å². The number of nitrogens with two attached hydrogens (primary N) is 3. The summed E-state index contributed by atoms with van der Waals surface area (Å²) in [7, 11) is 0. The number of amides is 1. The summed E-state index contributed by atoms with van der Waals surface area (Å²) >= 11 is 1.25. The zero-order chi connectivity index (χ0) is 15.0. The molecule has 0 saturated carbocycles. The quantitative estimate of drug-likeness (QED) is 0.711. The fraction of sp³-hybridized carbons (Fsp3) is 0.538. The first-order chi connectivity index (χ1) is 9.32. The summed E-state index contributed by atoms with van der Waals surface area (Å²) in [5.41, 5.74) is 17.8. The van der Waals surface area contributed by atoms with E-state index in [1.807, 2.05) is 4.90 Å². The Morgan fingerprint density at radius 3 is 2.50 bits per heavy atom. The van der Waals surface area contributed by atoms with E-state index in [2.05, 4.69) is 0 Å². The lowest BCUT2D eigenvalue weighted by Gasteiger charge is -2.16. The number of nitrogens with zero attached hydrogens (tertiary/aromatic N) is 1. The van der Waals surface area contributed by atoms with E-state index in [0.29, 0.717) is 16.4 Å². The van der Waals surface area contributed by atoms with Crippen molar-refractivity contribution < 1.29 is 9.59 Å². The number of hydrogen-bond acceptors (Lipinski definition) is 6. The van der Waals surface area contributed by atoms with Gasteiger partial charge in [0.25, 0.3) is 5.91 Å². The average Bonchev–Trinajstić information content (AvgIpc) is 2.91. The molecule has 1 unspecified atom stereocenters. The highest BCUT2D eigenvalue weighted by atomic mass is 32.1. The zero-order valence-electron chi connectivity index (χ0n) is 11.7. The van der Waals surface area contributed by atoms with Crippen LogP contribution >= 0.6 is 11.3 Å². The van der Waals surface area contributed by atoms with Crippen molar-refractivity contribution in [3.8, 4) is 0 Å². The standard InChI is InChI=1S/C13H20N4O2S/c1-6(2)10(18)11-9(15)8(12(16)19)13(20-11)17-4-3-7(14)5-17/h6-7H,3-5,14-15H2,1-2H3,(H2,16,19). The molecule has 0 aromatic carbocycles. The molecular weight excluding hydrogens is 276 g/mol. The number of hydrogen-bond donors (Lipinski definition) is 3. The van der Waals surface area contributed by atoms with Crippen LogP contribution in [-0.2, 0) is 0 Å². The van der Waals surface area contributed by atoms with Gasteiger partial charge in [0.2, 0.25) is 0 Å². The van der Waals surface area contributed by atoms with Crippen molar-refractivity contribution in [2.45, 2.75) is 26.3 Å². The molecule has 6 N–H and O–H groups in total. The van der Waals surface area contributed by atoms with Gasteiger partial charge in [-0.3, -0.25) is 9.59 Å². The monoisotopic (exact) mass is 296 g/mol. The number of carbonyl (C=O) groups excluding carboxylic acids is 2. The molecule has 0 aliphatic carbocycles. The third-order valence-corrected chi connectivity index (χ3v) is 4.71. The van der Waals surface area contributed by atoms with Crippen molar-refractivity contribution in [2.75, 3.05) is 23.7 Å². The predicted octanol–water partition coefficient (Wildman–Crippen LogP) is 0.805. The largest absolute Gasteiger partial charge is 0.397 e. The maximum absolute atomic E-state index is 12.2. The highest BCUT2D eigenvalue weighted by Crippen LogP contribution is 2.40. The number of ketones is 1. The molecule has 6 nitrogen and oxygen atoms in total. The summed E-state index contributed by atoms with van der Waals surface area (Å²) in [6, 6.07) is 0.0725. The van der Waals surface area contributed by atoms with Crippen LogP contribution in [0.4, 0.5) is 10.7 Å². The van der Waals surface area contributed by atoms with E-state index < -0.39 is 5.91 Å². The van der Waals surface area contributed by atoms with Crippen LogP contribution in [0.2, 0.25) is 0 Å². The zero-order valence-corrected chi connectivity index (χ0v) is 12.5. The SMILES string of the molecule is CC(C)C(=O)c1sc(N2CCC(N)C2)c(C(N)=O)c1N. The van der Waals surface area contributed by atoms with Crippen LogP contribution < -0.4 is 22.1 Å². The van der Waals surface area contributed by atoms with E-state index >= 15 is 0 Å². The summed E-state index contributed by atoms with van der Waals surface area (Å²) in [5.74, 6) is -0.841. The number of nitrogen functional groups attached to an aromatic ring is 1. The van der Waals surface area contributed by atoms with Gasteiger partial charge >= 0.3 is 0 Å². The van der Waals surface area contributed by atoms with Crippen LogP contribution in [0.25, 0.3) is 0 Å². The molecule has 1 aromatic rings. The average molecular weight is 296 g/mol. The Labute approximate surface area is 121 Å². The fourth-order valence-corrected chi connectivity index (χ4v) is 3.66. The first-order valence-corrected chi connectivity index (χ1v) is 7.41. The molecule has 1 aliphatic rings. The van der Waals surface area contributed by atoms with Gasteiger partial charge < -0.3 is 22.1 Å². The summed E-state index contributed by atoms with van der Waals surface area (Å²) < 4.78 is 0. The molecule has 2 rings (SSSR count). The smallest absolute Gasteiger partial charge is 0.253 e. The number of thiophene rings is 1. The Kier molecular flexibility index (Phi) is 4.01. The molecule has 1 fully saturated rings. The fourth-order valence-electron chi connectivity index (χ4n) is 2.31. The molecule has 0 radical (unpaired) electrons. The van der Waals surface area contributed by atoms with Gasteiger partial charge in [0, 0.05) is 25.0 Å². The molecule has 1 aliphatic heterocycles. The third kappa shape index (κ3) is 2.51. The third-order valence-electron chi connectivity index (χ3n) is 3.43. The minimum atomic E-state index is -0.600. The van der Waals surface area contributed by atoms with Gasteiger partial charge in [0.1, 0.15) is 5.00 Å². The molecular formula is C13H20N4O2S. The number of anilines is 2. The Morgan fingerprint density at radius 2 is 2.05 bits per heavy atom. The van der Waals surface area contributed by atoms with Crippen molar-refractivity contribution in [3.63, 3.8) is 0 Å². The van der Waals surface area contributed by atoms with Gasteiger partial charge in [0.05, 0.1) is 16.1 Å². The Hall–Kier alpha value is -1.60. The highest BCUT2D eigenvalue weighted by molar-refractivity contribution is 7.19. The lowest BCUT2D eigenvalue weighted by atomic mass is 10.1. The first-order valence-electron chi connectivity index (χ1n) is 6.59. The van der Waals surface area contributed by atoms with Gasteiger partial charge in [0.15, 0.2) is 5.78 Å². The topological polar surface area (TPSA) is 115 Å². The second-order valence-electron chi connectivity index (χ2n) is 5.40. The van der Waals surface area contributed by atoms with Crippen LogP contribution in [0.5, 0.6) is 0 Å². The minimum absolute atomic E-state index is 0.0651. The Morgan fingerprint density at radius 1 is 1.40 bits per heavy atom. The van der Waals surface area contributed by atoms with Gasteiger partial charge in [-0.25, -0.2) is 0 Å². The second kappa shape index (κ2) is 5.41. The van der Waals surface area contributed by atoms with Crippen molar-refractivity contribution >= 4 is 33.7 Å². The molecule has 0 bridgehead atoms. The minimum Gasteiger partial charge on any atom is -0.397 e. The van der Waals surface area contributed by atoms with Gasteiger partial charge in [-0.2, -0.15) is 0 Å². The van der Waals surface area contributed by atoms with Crippen molar-refractivity contribution in [1.82, 2.24) is 0 Å². The van der Waals surface area contributed by atoms with E-state index in [1.54, 1.807) is 13.8 Å². The Bertz CT molecular complexity index is 553. The predicted molar refractivity (Wildman–Crippen MR) is 81.2 cm³/mol. The van der Waals surface area contributed by atoms with E-state index in [-0.39, 0.29) is 29.0 Å². The van der Waals surface area contributed by atoms with Gasteiger partial charge in [-0.15, -0.1) is 11.3 Å². The molecule has 1 atom stereocenters. The number of primary amides is 1. The van der Waals surface area contributed by atoms with Crippen molar-refractivity contribution in [2.24, 2.45) is 17.4 Å². The summed E-state index contributed by atoms with van der Waals surface area (Å²) in [6.45, 7) is 5.00. The number of rotatable bonds is 4. The summed E-state index contributed by atoms with van der Waals surface area (Å²) in [4.78, 5) is 26.2. The van der Waals surface area contributed by atoms with Crippen molar-refractivity contribution in [3.05, 3.63) is 10.4 Å². The molecule has 20 heavy (non-hydrogen) atoms. The van der Waals surface area contributed by atoms with Crippen LogP contribution in [0, 0.1) is 5.92 Å². The lowest BCUT2D eigenvalue weighted by Crippen LogP contribution is -2.27. The van der Waals surface area contributed by atoms with E-state index in [0.717, 1.165) is 13.0 Å². The number of Topliss-reactive ketones (excluding diaryl/α,β-unsaturated/α-hetero) is 1. The molecule has 2 heterocycles. The van der Waals surface area contributed by atoms with Crippen molar-refractivity contribution in [1.29, 1.82) is 0 Å². The first kappa shape index (κ1) is 14.8. The van der Waals surface area contributed by atoms with E-state index in [9.17, 15) is 9.59 Å². The van der Waals surface area contributed by atoms with Gasteiger partial charge in [-0.05, 0) is 6.42 Å². The summed E-state index contributed by atoms with van der Waals surface area (Å²) in [6.07, 6.45) is 0.851.